The van der Waals surface area contributed by atoms with Crippen molar-refractivity contribution in [1.29, 1.82) is 0 Å². The summed E-state index contributed by atoms with van der Waals surface area (Å²) in [7, 11) is 1.66. The third-order valence-corrected chi connectivity index (χ3v) is 3.10. The van der Waals surface area contributed by atoms with Crippen molar-refractivity contribution in [2.24, 2.45) is 0 Å². The maximum atomic E-state index is 10.00. The van der Waals surface area contributed by atoms with Gasteiger partial charge in [0.1, 0.15) is 5.75 Å². The molecule has 2 rings (SSSR count). The molecule has 0 fully saturated rings. The number of nitrogens with zero attached hydrogens (tertiary/aromatic N) is 1. The van der Waals surface area contributed by atoms with E-state index in [4.69, 9.17) is 4.74 Å². The van der Waals surface area contributed by atoms with Crippen molar-refractivity contribution < 1.29 is 9.84 Å². The van der Waals surface area contributed by atoms with Crippen LogP contribution < -0.4 is 4.74 Å². The van der Waals surface area contributed by atoms with Crippen LogP contribution >= 0.6 is 0 Å². The zero-order chi connectivity index (χ0) is 13.5. The molecule has 0 aliphatic rings. The monoisotopic (exact) mass is 257 g/mol. The Morgan fingerprint density at radius 1 is 1.16 bits per heavy atom. The lowest BCUT2D eigenvalue weighted by molar-refractivity contribution is 0.164. The second-order valence-electron chi connectivity index (χ2n) is 4.57. The highest BCUT2D eigenvalue weighted by Crippen LogP contribution is 2.14. The minimum absolute atomic E-state index is 0.350. The lowest BCUT2D eigenvalue weighted by Crippen LogP contribution is -2.12. The fourth-order valence-corrected chi connectivity index (χ4v) is 1.99. The zero-order valence-corrected chi connectivity index (χ0v) is 11.1. The highest BCUT2D eigenvalue weighted by molar-refractivity contribution is 5.27. The van der Waals surface area contributed by atoms with Gasteiger partial charge in [-0.3, -0.25) is 4.98 Å². The number of aryl methyl sites for hydroxylation is 1. The molecule has 19 heavy (non-hydrogen) atoms. The fraction of sp³-hybridized carbons (Fsp3) is 0.312. The number of hydrogen-bond donors (Lipinski definition) is 1. The smallest absolute Gasteiger partial charge is 0.118 e. The summed E-state index contributed by atoms with van der Waals surface area (Å²) in [6, 6.07) is 13.7. The SMILES string of the molecule is COc1ccc(CCC(O)Cc2ccccn2)cc1. The van der Waals surface area contributed by atoms with Gasteiger partial charge in [0, 0.05) is 18.3 Å². The fourth-order valence-electron chi connectivity index (χ4n) is 1.99. The van der Waals surface area contributed by atoms with Gasteiger partial charge in [-0.05, 0) is 42.7 Å². The number of methoxy groups -OCH3 is 1. The molecule has 0 amide bonds. The van der Waals surface area contributed by atoms with Crippen LogP contribution in [0.3, 0.4) is 0 Å². The van der Waals surface area contributed by atoms with Gasteiger partial charge in [0.05, 0.1) is 13.2 Å². The average Bonchev–Trinajstić information content (AvgIpc) is 2.47. The van der Waals surface area contributed by atoms with E-state index in [0.717, 1.165) is 24.3 Å². The molecule has 0 radical (unpaired) electrons. The number of benzene rings is 1. The Balaban J connectivity index is 1.81. The van der Waals surface area contributed by atoms with Gasteiger partial charge >= 0.3 is 0 Å². The van der Waals surface area contributed by atoms with Gasteiger partial charge in [0.2, 0.25) is 0 Å². The molecule has 1 atom stereocenters. The van der Waals surface area contributed by atoms with Gasteiger partial charge < -0.3 is 9.84 Å². The summed E-state index contributed by atoms with van der Waals surface area (Å²) >= 11 is 0. The first-order valence-corrected chi connectivity index (χ1v) is 6.49. The molecule has 2 aromatic rings. The molecular weight excluding hydrogens is 238 g/mol. The van der Waals surface area contributed by atoms with E-state index in [9.17, 15) is 5.11 Å². The number of pyridine rings is 1. The van der Waals surface area contributed by atoms with Crippen LogP contribution in [0.15, 0.2) is 48.7 Å². The van der Waals surface area contributed by atoms with Crippen molar-refractivity contribution in [2.45, 2.75) is 25.4 Å². The summed E-state index contributed by atoms with van der Waals surface area (Å²) in [6.45, 7) is 0. The lowest BCUT2D eigenvalue weighted by atomic mass is 10.0. The van der Waals surface area contributed by atoms with Crippen molar-refractivity contribution in [1.82, 2.24) is 4.98 Å². The quantitative estimate of drug-likeness (QED) is 0.865. The first kappa shape index (κ1) is 13.6. The van der Waals surface area contributed by atoms with Gasteiger partial charge in [0.25, 0.3) is 0 Å². The van der Waals surface area contributed by atoms with E-state index >= 15 is 0 Å². The summed E-state index contributed by atoms with van der Waals surface area (Å²) in [5.41, 5.74) is 2.14. The molecule has 0 saturated heterocycles. The van der Waals surface area contributed by atoms with E-state index in [2.05, 4.69) is 4.98 Å². The van der Waals surface area contributed by atoms with E-state index in [-0.39, 0.29) is 6.10 Å². The molecule has 1 aromatic heterocycles. The molecule has 0 saturated carbocycles. The van der Waals surface area contributed by atoms with Gasteiger partial charge in [-0.25, -0.2) is 0 Å². The lowest BCUT2D eigenvalue weighted by Gasteiger charge is -2.10. The van der Waals surface area contributed by atoms with Crippen LogP contribution in [0.25, 0.3) is 0 Å². The standard InChI is InChI=1S/C16H19NO2/c1-19-16-9-6-13(7-10-16)5-8-15(18)12-14-4-2-3-11-17-14/h2-4,6-7,9-11,15,18H,5,8,12H2,1H3. The molecule has 1 N–H and O–H groups in total. The molecule has 1 unspecified atom stereocenters. The Hall–Kier alpha value is -1.87. The Labute approximate surface area is 113 Å². The molecule has 0 aliphatic carbocycles. The predicted molar refractivity (Wildman–Crippen MR) is 75.3 cm³/mol. The molecule has 0 bridgehead atoms. The second kappa shape index (κ2) is 6.90. The maximum Gasteiger partial charge on any atom is 0.118 e. The first-order chi connectivity index (χ1) is 9.28. The van der Waals surface area contributed by atoms with Crippen LogP contribution in [-0.2, 0) is 12.8 Å². The van der Waals surface area contributed by atoms with Gasteiger partial charge in [-0.15, -0.1) is 0 Å². The molecule has 3 heteroatoms. The summed E-state index contributed by atoms with van der Waals surface area (Å²) in [5.74, 6) is 0.859. The van der Waals surface area contributed by atoms with Crippen LogP contribution in [0.5, 0.6) is 5.75 Å². The first-order valence-electron chi connectivity index (χ1n) is 6.49. The normalized spacial score (nSPS) is 12.1. The van der Waals surface area contributed by atoms with Crippen molar-refractivity contribution >= 4 is 0 Å². The third kappa shape index (κ3) is 4.38. The molecule has 3 nitrogen and oxygen atoms in total. The Bertz CT molecular complexity index is 482. The average molecular weight is 257 g/mol. The van der Waals surface area contributed by atoms with Crippen molar-refractivity contribution in [2.75, 3.05) is 7.11 Å². The van der Waals surface area contributed by atoms with Crippen LogP contribution in [0, 0.1) is 0 Å². The number of hydrogen-bond acceptors (Lipinski definition) is 3. The molecule has 1 heterocycles. The predicted octanol–water partition coefficient (Wildman–Crippen LogP) is 2.63. The Morgan fingerprint density at radius 3 is 2.58 bits per heavy atom. The number of aliphatic hydroxyl groups excluding tert-OH is 1. The summed E-state index contributed by atoms with van der Waals surface area (Å²) in [6.07, 6.45) is 3.61. The Morgan fingerprint density at radius 2 is 1.95 bits per heavy atom. The van der Waals surface area contributed by atoms with E-state index in [1.165, 1.54) is 5.56 Å². The highest BCUT2D eigenvalue weighted by Gasteiger charge is 2.06. The molecule has 0 aliphatic heterocycles. The number of aromatic nitrogens is 1. The van der Waals surface area contributed by atoms with Crippen LogP contribution in [0.1, 0.15) is 17.7 Å². The van der Waals surface area contributed by atoms with Crippen LogP contribution in [0.4, 0.5) is 0 Å². The van der Waals surface area contributed by atoms with Gasteiger partial charge in [0.15, 0.2) is 0 Å². The highest BCUT2D eigenvalue weighted by atomic mass is 16.5. The van der Waals surface area contributed by atoms with Gasteiger partial charge in [-0.1, -0.05) is 18.2 Å². The van der Waals surface area contributed by atoms with Crippen molar-refractivity contribution in [3.63, 3.8) is 0 Å². The summed E-state index contributed by atoms with van der Waals surface area (Å²) in [4.78, 5) is 4.22. The summed E-state index contributed by atoms with van der Waals surface area (Å²) in [5, 5.41) is 10.00. The largest absolute Gasteiger partial charge is 0.497 e. The maximum absolute atomic E-state index is 10.00. The molecule has 1 aromatic carbocycles. The minimum Gasteiger partial charge on any atom is -0.497 e. The van der Waals surface area contributed by atoms with E-state index < -0.39 is 0 Å². The molecular formula is C16H19NO2. The summed E-state index contributed by atoms with van der Waals surface area (Å²) < 4.78 is 5.12. The molecule has 100 valence electrons. The van der Waals surface area contributed by atoms with Crippen molar-refractivity contribution in [3.8, 4) is 5.75 Å². The van der Waals surface area contributed by atoms with E-state index in [0.29, 0.717) is 6.42 Å². The van der Waals surface area contributed by atoms with Crippen LogP contribution in [0.2, 0.25) is 0 Å². The van der Waals surface area contributed by atoms with Gasteiger partial charge in [-0.2, -0.15) is 0 Å². The Kier molecular flexibility index (Phi) is 4.93. The number of rotatable bonds is 6. The van der Waals surface area contributed by atoms with Crippen molar-refractivity contribution in [3.05, 3.63) is 59.9 Å². The van der Waals surface area contributed by atoms with E-state index in [1.807, 2.05) is 42.5 Å². The van der Waals surface area contributed by atoms with E-state index in [1.54, 1.807) is 13.3 Å². The van der Waals surface area contributed by atoms with Crippen LogP contribution in [-0.4, -0.2) is 23.3 Å². The molecule has 0 spiro atoms. The number of aliphatic hydroxyl groups is 1. The zero-order valence-electron chi connectivity index (χ0n) is 11.1. The third-order valence-electron chi connectivity index (χ3n) is 3.10. The minimum atomic E-state index is -0.350. The number of ether oxygens (including phenoxy) is 1. The topological polar surface area (TPSA) is 42.4 Å². The second-order valence-corrected chi connectivity index (χ2v) is 4.57.